The summed E-state index contributed by atoms with van der Waals surface area (Å²) >= 11 is 7.44. The van der Waals surface area contributed by atoms with Gasteiger partial charge in [0, 0.05) is 23.2 Å². The summed E-state index contributed by atoms with van der Waals surface area (Å²) in [5.74, 6) is 0.282. The molecule has 2 aromatic rings. The van der Waals surface area contributed by atoms with Crippen LogP contribution >= 0.6 is 23.4 Å². The second-order valence-corrected chi connectivity index (χ2v) is 6.76. The van der Waals surface area contributed by atoms with Crippen LogP contribution in [0.25, 0.3) is 0 Å². The molecule has 0 amide bonds. The molecule has 0 heterocycles. The lowest BCUT2D eigenvalue weighted by Crippen LogP contribution is -2.15. The molecule has 0 spiro atoms. The van der Waals surface area contributed by atoms with Gasteiger partial charge < -0.3 is 5.32 Å². The smallest absolute Gasteiger partial charge is 0.145 e. The van der Waals surface area contributed by atoms with Gasteiger partial charge in [-0.2, -0.15) is 0 Å². The molecule has 21 heavy (non-hydrogen) atoms. The Morgan fingerprint density at radius 3 is 2.81 bits per heavy atom. The van der Waals surface area contributed by atoms with Crippen LogP contribution in [0.15, 0.2) is 47.4 Å². The van der Waals surface area contributed by atoms with E-state index in [9.17, 15) is 4.39 Å². The lowest BCUT2D eigenvalue weighted by atomic mass is 10.2. The zero-order valence-corrected chi connectivity index (χ0v) is 13.2. The number of halogens is 2. The predicted octanol–water partition coefficient (Wildman–Crippen LogP) is 5.02. The lowest BCUT2D eigenvalue weighted by molar-refractivity contribution is 0.618. The molecule has 0 unspecified atom stereocenters. The second-order valence-electron chi connectivity index (χ2n) is 5.30. The normalized spacial score (nSPS) is 14.4. The largest absolute Gasteiger partial charge is 0.310 e. The van der Waals surface area contributed by atoms with E-state index < -0.39 is 0 Å². The SMILES string of the molecule is Fc1c(Cl)cccc1CSc1cccc(CNC2CC2)c1. The van der Waals surface area contributed by atoms with E-state index >= 15 is 0 Å². The van der Waals surface area contributed by atoms with Gasteiger partial charge in [-0.1, -0.05) is 35.9 Å². The van der Waals surface area contributed by atoms with Gasteiger partial charge in [-0.25, -0.2) is 4.39 Å². The van der Waals surface area contributed by atoms with Gasteiger partial charge in [0.2, 0.25) is 0 Å². The summed E-state index contributed by atoms with van der Waals surface area (Å²) in [6.45, 7) is 0.907. The van der Waals surface area contributed by atoms with Gasteiger partial charge in [-0.05, 0) is 42.2 Å². The van der Waals surface area contributed by atoms with Gasteiger partial charge in [0.1, 0.15) is 5.82 Å². The maximum Gasteiger partial charge on any atom is 0.145 e. The molecule has 1 aliphatic carbocycles. The van der Waals surface area contributed by atoms with E-state index in [-0.39, 0.29) is 10.8 Å². The van der Waals surface area contributed by atoms with Crippen LogP contribution in [0, 0.1) is 5.82 Å². The number of thioether (sulfide) groups is 1. The average Bonchev–Trinajstić information content (AvgIpc) is 3.31. The highest BCUT2D eigenvalue weighted by Crippen LogP contribution is 2.27. The van der Waals surface area contributed by atoms with Crippen LogP contribution in [0.1, 0.15) is 24.0 Å². The summed E-state index contributed by atoms with van der Waals surface area (Å²) in [4.78, 5) is 1.16. The van der Waals surface area contributed by atoms with E-state index in [0.717, 1.165) is 11.4 Å². The lowest BCUT2D eigenvalue weighted by Gasteiger charge is -2.07. The number of hydrogen-bond donors (Lipinski definition) is 1. The van der Waals surface area contributed by atoms with Crippen molar-refractivity contribution in [3.05, 3.63) is 64.4 Å². The van der Waals surface area contributed by atoms with Gasteiger partial charge in [0.05, 0.1) is 5.02 Å². The molecule has 0 saturated heterocycles. The number of hydrogen-bond acceptors (Lipinski definition) is 2. The summed E-state index contributed by atoms with van der Waals surface area (Å²) in [5.41, 5.74) is 1.92. The van der Waals surface area contributed by atoms with Gasteiger partial charge in [-0.15, -0.1) is 11.8 Å². The van der Waals surface area contributed by atoms with Crippen molar-refractivity contribution in [2.45, 2.75) is 36.1 Å². The molecule has 1 aliphatic rings. The molecule has 1 fully saturated rings. The van der Waals surface area contributed by atoms with Crippen molar-refractivity contribution < 1.29 is 4.39 Å². The molecule has 2 aromatic carbocycles. The Morgan fingerprint density at radius 1 is 1.19 bits per heavy atom. The third kappa shape index (κ3) is 4.22. The first-order chi connectivity index (χ1) is 10.2. The fourth-order valence-electron chi connectivity index (χ4n) is 2.12. The van der Waals surface area contributed by atoms with Crippen LogP contribution in [0.5, 0.6) is 0 Å². The van der Waals surface area contributed by atoms with Crippen molar-refractivity contribution in [3.8, 4) is 0 Å². The fraction of sp³-hybridized carbons (Fsp3) is 0.294. The summed E-state index contributed by atoms with van der Waals surface area (Å²) in [5, 5.41) is 3.69. The van der Waals surface area contributed by atoms with Crippen molar-refractivity contribution in [1.82, 2.24) is 5.32 Å². The Balaban J connectivity index is 1.61. The third-order valence-electron chi connectivity index (χ3n) is 3.50. The maximum atomic E-state index is 13.8. The standard InChI is InChI=1S/C17H17ClFNS/c18-16-6-2-4-13(17(16)19)11-21-15-5-1-3-12(9-15)10-20-14-7-8-14/h1-6,9,14,20H,7-8,10-11H2. The van der Waals surface area contributed by atoms with Gasteiger partial charge >= 0.3 is 0 Å². The molecule has 0 radical (unpaired) electrons. The second kappa shape index (κ2) is 6.82. The van der Waals surface area contributed by atoms with Crippen LogP contribution in [0.4, 0.5) is 4.39 Å². The molecule has 1 nitrogen and oxygen atoms in total. The van der Waals surface area contributed by atoms with Crippen LogP contribution in [-0.2, 0) is 12.3 Å². The minimum atomic E-state index is -0.307. The van der Waals surface area contributed by atoms with E-state index in [2.05, 4.69) is 29.6 Å². The molecular weight excluding hydrogens is 305 g/mol. The fourth-order valence-corrected chi connectivity index (χ4v) is 3.26. The number of rotatable bonds is 6. The monoisotopic (exact) mass is 321 g/mol. The number of benzene rings is 2. The first kappa shape index (κ1) is 14.9. The third-order valence-corrected chi connectivity index (χ3v) is 4.83. The molecule has 1 saturated carbocycles. The topological polar surface area (TPSA) is 12.0 Å². The predicted molar refractivity (Wildman–Crippen MR) is 87.3 cm³/mol. The Hall–Kier alpha value is -1.03. The molecular formula is C17H17ClFNS. The van der Waals surface area contributed by atoms with Crippen LogP contribution in [0.3, 0.4) is 0 Å². The molecule has 3 rings (SSSR count). The van der Waals surface area contributed by atoms with Gasteiger partial charge in [-0.3, -0.25) is 0 Å². The Bertz CT molecular complexity index is 628. The van der Waals surface area contributed by atoms with Gasteiger partial charge in [0.15, 0.2) is 0 Å². The first-order valence-corrected chi connectivity index (χ1v) is 8.47. The number of nitrogens with one attached hydrogen (secondary N) is 1. The van der Waals surface area contributed by atoms with E-state index in [4.69, 9.17) is 11.6 Å². The minimum absolute atomic E-state index is 0.190. The van der Waals surface area contributed by atoms with E-state index in [0.29, 0.717) is 17.4 Å². The Morgan fingerprint density at radius 2 is 2.00 bits per heavy atom. The van der Waals surface area contributed by atoms with E-state index in [1.54, 1.807) is 30.0 Å². The average molecular weight is 322 g/mol. The zero-order valence-electron chi connectivity index (χ0n) is 11.6. The molecule has 0 aromatic heterocycles. The van der Waals surface area contributed by atoms with Crippen molar-refractivity contribution in [2.24, 2.45) is 0 Å². The van der Waals surface area contributed by atoms with Crippen molar-refractivity contribution in [2.75, 3.05) is 0 Å². The summed E-state index contributed by atoms with van der Waals surface area (Å²) < 4.78 is 13.8. The van der Waals surface area contributed by atoms with E-state index in [1.165, 1.54) is 18.4 Å². The molecule has 0 aliphatic heterocycles. The first-order valence-electron chi connectivity index (χ1n) is 7.10. The molecule has 4 heteroatoms. The highest BCUT2D eigenvalue weighted by Gasteiger charge is 2.19. The zero-order chi connectivity index (χ0) is 14.7. The van der Waals surface area contributed by atoms with Crippen molar-refractivity contribution in [3.63, 3.8) is 0 Å². The quantitative estimate of drug-likeness (QED) is 0.749. The molecule has 0 atom stereocenters. The summed E-state index contributed by atoms with van der Waals surface area (Å²) in [7, 11) is 0. The molecule has 0 bridgehead atoms. The van der Waals surface area contributed by atoms with Crippen LogP contribution in [-0.4, -0.2) is 6.04 Å². The molecule has 110 valence electrons. The summed E-state index contributed by atoms with van der Waals surface area (Å²) in [6, 6.07) is 14.3. The Kier molecular flexibility index (Phi) is 4.84. The molecule has 1 N–H and O–H groups in total. The van der Waals surface area contributed by atoms with Crippen LogP contribution in [0.2, 0.25) is 5.02 Å². The Labute approximate surface area is 133 Å². The van der Waals surface area contributed by atoms with Crippen molar-refractivity contribution >= 4 is 23.4 Å². The summed E-state index contributed by atoms with van der Waals surface area (Å²) in [6.07, 6.45) is 2.59. The van der Waals surface area contributed by atoms with E-state index in [1.807, 2.05) is 0 Å². The highest BCUT2D eigenvalue weighted by molar-refractivity contribution is 7.98. The van der Waals surface area contributed by atoms with Crippen molar-refractivity contribution in [1.29, 1.82) is 0 Å². The van der Waals surface area contributed by atoms with Gasteiger partial charge in [0.25, 0.3) is 0 Å². The highest BCUT2D eigenvalue weighted by atomic mass is 35.5. The maximum absolute atomic E-state index is 13.8. The van der Waals surface area contributed by atoms with Crippen LogP contribution < -0.4 is 5.32 Å². The minimum Gasteiger partial charge on any atom is -0.310 e.